The summed E-state index contributed by atoms with van der Waals surface area (Å²) in [6, 6.07) is 1.94. The maximum absolute atomic E-state index is 12.5. The maximum atomic E-state index is 12.5. The predicted octanol–water partition coefficient (Wildman–Crippen LogP) is 1.08. The van der Waals surface area contributed by atoms with E-state index in [1.54, 1.807) is 7.11 Å². The van der Waals surface area contributed by atoms with Gasteiger partial charge in [-0.2, -0.15) is 5.10 Å². The van der Waals surface area contributed by atoms with Crippen LogP contribution >= 0.6 is 0 Å². The Balaban J connectivity index is 1.56. The van der Waals surface area contributed by atoms with E-state index in [1.165, 1.54) is 12.8 Å². The number of nitrogens with one attached hydrogen (secondary N) is 1. The summed E-state index contributed by atoms with van der Waals surface area (Å²) in [7, 11) is 1.72. The molecule has 1 aromatic heterocycles. The standard InChI is InChI=1S/C15H24N4O2/c1-21-10-9-18-5-2-6-19(8-7-18)15(20)14-11-13(16-17-14)12-3-4-12/h11-12H,2-10H2,1H3,(H,16,17). The lowest BCUT2D eigenvalue weighted by atomic mass is 10.2. The Hall–Kier alpha value is -1.40. The zero-order valence-electron chi connectivity index (χ0n) is 12.7. The van der Waals surface area contributed by atoms with Crippen LogP contribution in [0, 0.1) is 0 Å². The van der Waals surface area contributed by atoms with Crippen molar-refractivity contribution in [3.63, 3.8) is 0 Å². The number of carbonyl (C=O) groups is 1. The van der Waals surface area contributed by atoms with Crippen molar-refractivity contribution in [3.8, 4) is 0 Å². The number of methoxy groups -OCH3 is 1. The molecule has 1 saturated carbocycles. The Morgan fingerprint density at radius 1 is 1.38 bits per heavy atom. The molecule has 2 fully saturated rings. The SMILES string of the molecule is COCCN1CCCN(C(=O)c2cc(C3CC3)[nH]n2)CC1. The number of nitrogens with zero attached hydrogens (tertiary/aromatic N) is 3. The summed E-state index contributed by atoms with van der Waals surface area (Å²) in [5, 5.41) is 7.22. The lowest BCUT2D eigenvalue weighted by molar-refractivity contribution is 0.0753. The van der Waals surface area contributed by atoms with Crippen LogP contribution in [0.15, 0.2) is 6.07 Å². The highest BCUT2D eigenvalue weighted by atomic mass is 16.5. The molecule has 6 heteroatoms. The van der Waals surface area contributed by atoms with Crippen LogP contribution in [0.3, 0.4) is 0 Å². The second-order valence-electron chi connectivity index (χ2n) is 5.96. The van der Waals surface area contributed by atoms with Crippen LogP contribution in [-0.2, 0) is 4.74 Å². The van der Waals surface area contributed by atoms with Crippen molar-refractivity contribution in [3.05, 3.63) is 17.5 Å². The van der Waals surface area contributed by atoms with Gasteiger partial charge >= 0.3 is 0 Å². The normalized spacial score (nSPS) is 20.5. The maximum Gasteiger partial charge on any atom is 0.274 e. The molecule has 2 aliphatic rings. The number of hydrogen-bond acceptors (Lipinski definition) is 4. The van der Waals surface area contributed by atoms with E-state index in [4.69, 9.17) is 4.74 Å². The lowest BCUT2D eigenvalue weighted by Crippen LogP contribution is -2.36. The molecule has 1 N–H and O–H groups in total. The van der Waals surface area contributed by atoms with E-state index in [0.29, 0.717) is 11.6 Å². The molecule has 0 aromatic carbocycles. The summed E-state index contributed by atoms with van der Waals surface area (Å²) in [5.74, 6) is 0.666. The van der Waals surface area contributed by atoms with Crippen molar-refractivity contribution in [2.75, 3.05) is 46.4 Å². The molecule has 3 rings (SSSR count). The number of carbonyl (C=O) groups excluding carboxylic acids is 1. The van der Waals surface area contributed by atoms with Crippen LogP contribution in [0.2, 0.25) is 0 Å². The van der Waals surface area contributed by atoms with Gasteiger partial charge in [0.1, 0.15) is 5.69 Å². The predicted molar refractivity (Wildman–Crippen MR) is 79.4 cm³/mol. The van der Waals surface area contributed by atoms with Gasteiger partial charge in [0, 0.05) is 44.9 Å². The third-order valence-corrected chi connectivity index (χ3v) is 4.32. The second-order valence-corrected chi connectivity index (χ2v) is 5.96. The summed E-state index contributed by atoms with van der Waals surface area (Å²) in [6.07, 6.45) is 3.44. The molecular formula is C15H24N4O2. The summed E-state index contributed by atoms with van der Waals surface area (Å²) < 4.78 is 5.12. The van der Waals surface area contributed by atoms with Crippen LogP contribution in [0.5, 0.6) is 0 Å². The molecule has 0 atom stereocenters. The molecule has 1 amide bonds. The van der Waals surface area contributed by atoms with E-state index in [1.807, 2.05) is 11.0 Å². The Morgan fingerprint density at radius 2 is 2.24 bits per heavy atom. The van der Waals surface area contributed by atoms with E-state index in [9.17, 15) is 4.79 Å². The van der Waals surface area contributed by atoms with Gasteiger partial charge in [-0.3, -0.25) is 14.8 Å². The number of rotatable bonds is 5. The lowest BCUT2D eigenvalue weighted by Gasteiger charge is -2.21. The summed E-state index contributed by atoms with van der Waals surface area (Å²) in [5.41, 5.74) is 1.69. The number of aromatic nitrogens is 2. The minimum atomic E-state index is 0.0618. The van der Waals surface area contributed by atoms with Crippen LogP contribution in [0.25, 0.3) is 0 Å². The van der Waals surface area contributed by atoms with Gasteiger partial charge < -0.3 is 9.64 Å². The quantitative estimate of drug-likeness (QED) is 0.882. The topological polar surface area (TPSA) is 61.5 Å². The fourth-order valence-corrected chi connectivity index (χ4v) is 2.83. The van der Waals surface area contributed by atoms with Crippen molar-refractivity contribution in [2.24, 2.45) is 0 Å². The smallest absolute Gasteiger partial charge is 0.274 e. The first-order chi connectivity index (χ1) is 10.3. The molecule has 1 aliphatic carbocycles. The van der Waals surface area contributed by atoms with E-state index >= 15 is 0 Å². The minimum Gasteiger partial charge on any atom is -0.383 e. The van der Waals surface area contributed by atoms with Gasteiger partial charge in [-0.1, -0.05) is 0 Å². The zero-order chi connectivity index (χ0) is 14.7. The highest BCUT2D eigenvalue weighted by Gasteiger charge is 2.28. The minimum absolute atomic E-state index is 0.0618. The van der Waals surface area contributed by atoms with Crippen molar-refractivity contribution in [2.45, 2.75) is 25.2 Å². The van der Waals surface area contributed by atoms with Crippen molar-refractivity contribution >= 4 is 5.91 Å². The molecule has 0 radical (unpaired) electrons. The van der Waals surface area contributed by atoms with Crippen LogP contribution in [-0.4, -0.2) is 72.3 Å². The Kier molecular flexibility index (Phi) is 4.55. The summed E-state index contributed by atoms with van der Waals surface area (Å²) in [4.78, 5) is 16.8. The first kappa shape index (κ1) is 14.5. The molecule has 21 heavy (non-hydrogen) atoms. The molecule has 0 bridgehead atoms. The van der Waals surface area contributed by atoms with Crippen molar-refractivity contribution < 1.29 is 9.53 Å². The molecule has 0 unspecified atom stereocenters. The molecule has 116 valence electrons. The fourth-order valence-electron chi connectivity index (χ4n) is 2.83. The Bertz CT molecular complexity index is 484. The third kappa shape index (κ3) is 3.63. The van der Waals surface area contributed by atoms with E-state index < -0.39 is 0 Å². The number of H-pyrrole nitrogens is 1. The zero-order valence-corrected chi connectivity index (χ0v) is 12.7. The number of ether oxygens (including phenoxy) is 1. The molecule has 1 saturated heterocycles. The molecular weight excluding hydrogens is 268 g/mol. The second kappa shape index (κ2) is 6.58. The monoisotopic (exact) mass is 292 g/mol. The van der Waals surface area contributed by atoms with Gasteiger partial charge in [0.2, 0.25) is 0 Å². The Morgan fingerprint density at radius 3 is 3.00 bits per heavy atom. The van der Waals surface area contributed by atoms with E-state index in [0.717, 1.165) is 51.4 Å². The highest BCUT2D eigenvalue weighted by Crippen LogP contribution is 2.39. The molecule has 1 aliphatic heterocycles. The molecule has 1 aromatic rings. The van der Waals surface area contributed by atoms with Gasteiger partial charge in [0.25, 0.3) is 5.91 Å². The first-order valence-electron chi connectivity index (χ1n) is 7.84. The van der Waals surface area contributed by atoms with Gasteiger partial charge in [0.15, 0.2) is 0 Å². The average Bonchev–Trinajstić information content (AvgIpc) is 3.28. The number of hydrogen-bond donors (Lipinski definition) is 1. The van der Waals surface area contributed by atoms with Crippen LogP contribution in [0.4, 0.5) is 0 Å². The van der Waals surface area contributed by atoms with Gasteiger partial charge in [0.05, 0.1) is 6.61 Å². The summed E-state index contributed by atoms with van der Waals surface area (Å²) >= 11 is 0. The van der Waals surface area contributed by atoms with Crippen molar-refractivity contribution in [1.82, 2.24) is 20.0 Å². The van der Waals surface area contributed by atoms with Crippen molar-refractivity contribution in [1.29, 1.82) is 0 Å². The van der Waals surface area contributed by atoms with Crippen LogP contribution < -0.4 is 0 Å². The van der Waals surface area contributed by atoms with Gasteiger partial charge in [-0.05, 0) is 31.9 Å². The highest BCUT2D eigenvalue weighted by molar-refractivity contribution is 5.92. The summed E-state index contributed by atoms with van der Waals surface area (Å²) in [6.45, 7) is 5.21. The largest absolute Gasteiger partial charge is 0.383 e. The molecule has 2 heterocycles. The number of aromatic amines is 1. The Labute approximate surface area is 125 Å². The average molecular weight is 292 g/mol. The number of amides is 1. The van der Waals surface area contributed by atoms with Crippen LogP contribution in [0.1, 0.15) is 41.4 Å². The third-order valence-electron chi connectivity index (χ3n) is 4.32. The first-order valence-corrected chi connectivity index (χ1v) is 7.84. The van der Waals surface area contributed by atoms with Gasteiger partial charge in [-0.25, -0.2) is 0 Å². The van der Waals surface area contributed by atoms with E-state index in [-0.39, 0.29) is 5.91 Å². The molecule has 6 nitrogen and oxygen atoms in total. The van der Waals surface area contributed by atoms with Gasteiger partial charge in [-0.15, -0.1) is 0 Å². The fraction of sp³-hybridized carbons (Fsp3) is 0.733. The van der Waals surface area contributed by atoms with E-state index in [2.05, 4.69) is 15.1 Å². The molecule has 0 spiro atoms.